The van der Waals surface area contributed by atoms with Crippen LogP contribution in [-0.2, 0) is 52.8 Å². The van der Waals surface area contributed by atoms with E-state index in [0.717, 1.165) is 50.0 Å². The number of hydrazine groups is 1. The van der Waals surface area contributed by atoms with Crippen LogP contribution in [0.5, 0.6) is 0 Å². The molecule has 4 amide bonds. The van der Waals surface area contributed by atoms with Crippen LogP contribution in [0.2, 0.25) is 0 Å². The summed E-state index contributed by atoms with van der Waals surface area (Å²) in [5.74, 6) is 2.82. The largest absolute Gasteiger partial charge is 0.464 e. The average Bonchev–Trinajstić information content (AvgIpc) is 3.95. The Hall–Kier alpha value is -6.08. The molecule has 3 aliphatic rings. The van der Waals surface area contributed by atoms with Crippen LogP contribution in [0.4, 0.5) is 0 Å². The minimum atomic E-state index is -1.06. The van der Waals surface area contributed by atoms with Gasteiger partial charge in [0.1, 0.15) is 18.1 Å². The van der Waals surface area contributed by atoms with E-state index in [2.05, 4.69) is 83.2 Å². The summed E-state index contributed by atoms with van der Waals surface area (Å²) in [6, 6.07) is 13.8. The van der Waals surface area contributed by atoms with Crippen molar-refractivity contribution in [2.45, 2.75) is 104 Å². The number of methoxy groups -OCH3 is 1. The van der Waals surface area contributed by atoms with Gasteiger partial charge in [0.25, 0.3) is 11.8 Å². The molecule has 2 saturated heterocycles. The molecule has 2 aromatic carbocycles. The number of fused-ring (bicyclic) bond motifs is 6. The van der Waals surface area contributed by atoms with Gasteiger partial charge in [-0.05, 0) is 111 Å². The predicted octanol–water partition coefficient (Wildman–Crippen LogP) is 5.64. The molecule has 3 aliphatic heterocycles. The number of cyclic esters (lactones) is 1. The number of likely N-dealkylation sites (tertiary alicyclic amines) is 1. The first kappa shape index (κ1) is 50.8. The number of amides is 4. The molecule has 69 heavy (non-hydrogen) atoms. The highest BCUT2D eigenvalue weighted by Crippen LogP contribution is 2.42. The van der Waals surface area contributed by atoms with Crippen molar-refractivity contribution in [2.24, 2.45) is 17.3 Å². The number of nitrogens with zero attached hydrogens (tertiary/aromatic N) is 6. The van der Waals surface area contributed by atoms with E-state index in [-0.39, 0.29) is 43.4 Å². The molecule has 0 radical (unpaired) electrons. The monoisotopic (exact) mass is 943 g/mol. The van der Waals surface area contributed by atoms with Crippen LogP contribution in [0.25, 0.3) is 33.3 Å². The van der Waals surface area contributed by atoms with E-state index in [1.165, 1.54) is 9.91 Å². The highest BCUT2D eigenvalue weighted by atomic mass is 16.5. The van der Waals surface area contributed by atoms with Gasteiger partial charge in [-0.3, -0.25) is 38.9 Å². The fraction of sp³-hybridized carbons (Fsp3) is 0.519. The number of hydrogen-bond acceptors (Lipinski definition) is 10. The zero-order chi connectivity index (χ0) is 49.7. The summed E-state index contributed by atoms with van der Waals surface area (Å²) in [7, 11) is 7.07. The highest BCUT2D eigenvalue weighted by Gasteiger charge is 2.40. The Labute approximate surface area is 407 Å². The number of carbonyl (C=O) groups excluding carboxylic acids is 5. The quantitative estimate of drug-likeness (QED) is 0.151. The molecule has 15 heteroatoms. The number of hydrogen-bond donors (Lipinski definition) is 2. The fourth-order valence-electron chi connectivity index (χ4n) is 10.1. The predicted molar refractivity (Wildman–Crippen MR) is 266 cm³/mol. The van der Waals surface area contributed by atoms with Crippen LogP contribution in [0.3, 0.4) is 0 Å². The fourth-order valence-corrected chi connectivity index (χ4v) is 10.1. The maximum absolute atomic E-state index is 14.8. The van der Waals surface area contributed by atoms with E-state index in [0.29, 0.717) is 51.9 Å². The minimum Gasteiger partial charge on any atom is -0.464 e. The summed E-state index contributed by atoms with van der Waals surface area (Å²) in [4.78, 5) is 79.8. The molecule has 0 spiro atoms. The molecule has 0 aliphatic carbocycles. The lowest BCUT2D eigenvalue weighted by Gasteiger charge is -2.37. The van der Waals surface area contributed by atoms with Gasteiger partial charge >= 0.3 is 5.97 Å². The van der Waals surface area contributed by atoms with Crippen molar-refractivity contribution >= 4 is 40.5 Å². The van der Waals surface area contributed by atoms with E-state index in [4.69, 9.17) is 9.47 Å². The van der Waals surface area contributed by atoms with Gasteiger partial charge in [-0.25, -0.2) is 5.43 Å². The Bertz CT molecular complexity index is 2630. The number of nitrogens with one attached hydrogen (secondary N) is 2. The van der Waals surface area contributed by atoms with Crippen LogP contribution in [0, 0.1) is 29.1 Å². The summed E-state index contributed by atoms with van der Waals surface area (Å²) in [5.41, 5.74) is 10.6. The molecule has 368 valence electrons. The third kappa shape index (κ3) is 11.4. The second kappa shape index (κ2) is 21.7. The zero-order valence-corrected chi connectivity index (χ0v) is 42.1. The Morgan fingerprint density at radius 3 is 2.52 bits per heavy atom. The van der Waals surface area contributed by atoms with Crippen molar-refractivity contribution in [3.63, 3.8) is 0 Å². The summed E-state index contributed by atoms with van der Waals surface area (Å²) < 4.78 is 14.3. The first-order valence-corrected chi connectivity index (χ1v) is 24.4. The number of benzene rings is 2. The normalized spacial score (nSPS) is 20.5. The third-order valence-electron chi connectivity index (χ3n) is 13.8. The van der Waals surface area contributed by atoms with Gasteiger partial charge in [0.2, 0.25) is 11.8 Å². The summed E-state index contributed by atoms with van der Waals surface area (Å²) in [5, 5.41) is 5.59. The van der Waals surface area contributed by atoms with Crippen molar-refractivity contribution in [1.29, 1.82) is 0 Å². The molecule has 2 N–H and O–H groups in total. The Balaban J connectivity index is 1.24. The van der Waals surface area contributed by atoms with Gasteiger partial charge in [-0.1, -0.05) is 63.9 Å². The van der Waals surface area contributed by atoms with Gasteiger partial charge in [0, 0.05) is 81.0 Å². The van der Waals surface area contributed by atoms with Gasteiger partial charge in [-0.15, -0.1) is 0 Å². The SMILES string of the molecule is CCn1c(-c2cnccc2[C@H](C)OC)c2c3cc(ccc31)-c1cccc(c1)C[C@H](NC(=O)C(C(C)C)N(C)C(=O)[C@H]1CCN(C(=O)C#CCN(C)C)C1)C(=O)N1CCC[C@H](N1)C(=O)OCC(C)(C)C2. The van der Waals surface area contributed by atoms with Crippen LogP contribution in [-0.4, -0.2) is 138 Å². The molecular formula is C54H70N8O7. The molecule has 6 bridgehead atoms. The van der Waals surface area contributed by atoms with Gasteiger partial charge < -0.3 is 29.2 Å². The molecule has 1 unspecified atom stereocenters. The van der Waals surface area contributed by atoms with Crippen LogP contribution < -0.4 is 10.7 Å². The van der Waals surface area contributed by atoms with Crippen molar-refractivity contribution < 1.29 is 33.4 Å². The van der Waals surface area contributed by atoms with E-state index < -0.39 is 47.2 Å². The summed E-state index contributed by atoms with van der Waals surface area (Å²) >= 11 is 0. The van der Waals surface area contributed by atoms with E-state index in [1.54, 1.807) is 25.3 Å². The van der Waals surface area contributed by atoms with Crippen molar-refractivity contribution in [3.05, 3.63) is 77.6 Å². The lowest BCUT2D eigenvalue weighted by atomic mass is 9.84. The second-order valence-electron chi connectivity index (χ2n) is 20.3. The number of rotatable bonds is 10. The van der Waals surface area contributed by atoms with Crippen LogP contribution >= 0.6 is 0 Å². The maximum Gasteiger partial charge on any atom is 0.324 e. The average molecular weight is 943 g/mol. The molecule has 15 nitrogen and oxygen atoms in total. The lowest BCUT2D eigenvalue weighted by Crippen LogP contribution is -2.62. The van der Waals surface area contributed by atoms with E-state index >= 15 is 0 Å². The molecule has 0 saturated carbocycles. The second-order valence-corrected chi connectivity index (χ2v) is 20.3. The Morgan fingerprint density at radius 1 is 1.03 bits per heavy atom. The molecule has 7 rings (SSSR count). The first-order valence-electron chi connectivity index (χ1n) is 24.4. The third-order valence-corrected chi connectivity index (χ3v) is 13.8. The number of esters is 1. The molecule has 2 fully saturated rings. The summed E-state index contributed by atoms with van der Waals surface area (Å²) in [6.45, 7) is 14.3. The topological polar surface area (TPSA) is 159 Å². The number of ether oxygens (including phenoxy) is 2. The molecule has 2 aromatic heterocycles. The number of likely N-dealkylation sites (N-methyl/N-ethyl adjacent to an activating group) is 1. The molecule has 5 heterocycles. The van der Waals surface area contributed by atoms with Crippen molar-refractivity contribution in [1.82, 2.24) is 40.0 Å². The number of aryl methyl sites for hydroxylation is 1. The molecule has 5 atom stereocenters. The van der Waals surface area contributed by atoms with Gasteiger partial charge in [0.15, 0.2) is 0 Å². The van der Waals surface area contributed by atoms with E-state index in [9.17, 15) is 24.0 Å². The lowest BCUT2D eigenvalue weighted by molar-refractivity contribution is -0.155. The van der Waals surface area contributed by atoms with Crippen molar-refractivity contribution in [2.75, 3.05) is 61.0 Å². The van der Waals surface area contributed by atoms with E-state index in [1.807, 2.05) is 64.2 Å². The van der Waals surface area contributed by atoms with Crippen molar-refractivity contribution in [3.8, 4) is 34.2 Å². The first-order chi connectivity index (χ1) is 32.9. The zero-order valence-electron chi connectivity index (χ0n) is 42.1. The molecule has 4 aromatic rings. The number of carbonyl (C=O) groups is 5. The van der Waals surface area contributed by atoms with Crippen LogP contribution in [0.15, 0.2) is 60.9 Å². The van der Waals surface area contributed by atoms with Gasteiger partial charge in [-0.2, -0.15) is 0 Å². The minimum absolute atomic E-state index is 0.133. The van der Waals surface area contributed by atoms with Gasteiger partial charge in [0.05, 0.1) is 30.9 Å². The van der Waals surface area contributed by atoms with Crippen LogP contribution in [0.1, 0.15) is 83.6 Å². The standard InChI is InChI=1S/C54H70N8O7/c1-11-61-46-20-19-38-29-41(46)42(49(61)43-31-55-23-21-40(43)35(4)68-10)30-54(5,6)33-69-53(67)44-17-13-25-62(57-44)52(66)45(28-36-15-12-16-37(38)27-36)56-50(64)48(34(2)3)59(9)51(65)39-22-26-60(32-39)47(63)18-14-24-58(7)8/h12,15-16,19-21,23,27,29,31,34-35,39,44-45,48,57H,11,13,17,22,24-26,28,30,32-33H2,1-10H3,(H,56,64)/t35-,39-,44-,45-,48?/m0/s1. The Kier molecular flexibility index (Phi) is 16.0. The molecular weight excluding hydrogens is 873 g/mol. The highest BCUT2D eigenvalue weighted by molar-refractivity contribution is 5.97. The number of pyridine rings is 1. The number of aromatic nitrogens is 2. The maximum atomic E-state index is 14.8. The summed E-state index contributed by atoms with van der Waals surface area (Å²) in [6.07, 6.45) is 5.72. The Morgan fingerprint density at radius 2 is 1.80 bits per heavy atom. The smallest absolute Gasteiger partial charge is 0.324 e.